The Morgan fingerprint density at radius 2 is 1.92 bits per heavy atom. The fourth-order valence-electron chi connectivity index (χ4n) is 3.15. The van der Waals surface area contributed by atoms with Crippen LogP contribution < -0.4 is 5.32 Å². The fourth-order valence-corrected chi connectivity index (χ4v) is 4.74. The van der Waals surface area contributed by atoms with Crippen molar-refractivity contribution < 1.29 is 22.3 Å². The number of carbonyl (C=O) groups excluding carboxylic acids is 1. The van der Waals surface area contributed by atoms with Crippen LogP contribution in [0.3, 0.4) is 0 Å². The van der Waals surface area contributed by atoms with Gasteiger partial charge in [0, 0.05) is 26.7 Å². The van der Waals surface area contributed by atoms with Crippen molar-refractivity contribution in [3.8, 4) is 0 Å². The first kappa shape index (κ1) is 17.3. The molecular formula is C15H20FN3O4S. The molecule has 2 aliphatic heterocycles. The minimum Gasteiger partial charge on any atom is -0.369 e. The number of carbonyl (C=O) groups is 1. The topological polar surface area (TPSA) is 79.0 Å². The third-order valence-electron chi connectivity index (χ3n) is 4.55. The Morgan fingerprint density at radius 3 is 2.46 bits per heavy atom. The first-order valence-electron chi connectivity index (χ1n) is 7.59. The summed E-state index contributed by atoms with van der Waals surface area (Å²) in [4.78, 5) is 13.7. The molecule has 0 radical (unpaired) electrons. The SMILES string of the molecule is CNC(=O)[C@@H]1COC2(CN1C)CN(S(=O)(=O)c1ccc(F)cc1)C2. The molecule has 2 aliphatic rings. The van der Waals surface area contributed by atoms with E-state index < -0.39 is 21.4 Å². The monoisotopic (exact) mass is 357 g/mol. The molecule has 2 fully saturated rings. The van der Waals surface area contributed by atoms with Crippen LogP contribution in [0.25, 0.3) is 0 Å². The first-order valence-corrected chi connectivity index (χ1v) is 9.03. The largest absolute Gasteiger partial charge is 0.369 e. The van der Waals surface area contributed by atoms with Gasteiger partial charge >= 0.3 is 0 Å². The molecule has 0 unspecified atom stereocenters. The number of benzene rings is 1. The van der Waals surface area contributed by atoms with E-state index in [1.54, 1.807) is 7.05 Å². The van der Waals surface area contributed by atoms with Crippen LogP contribution in [0.1, 0.15) is 0 Å². The Morgan fingerprint density at radius 1 is 1.29 bits per heavy atom. The predicted molar refractivity (Wildman–Crippen MR) is 84.3 cm³/mol. The zero-order valence-corrected chi connectivity index (χ0v) is 14.3. The number of nitrogens with zero attached hydrogens (tertiary/aromatic N) is 2. The van der Waals surface area contributed by atoms with E-state index in [-0.39, 0.29) is 36.5 Å². The van der Waals surface area contributed by atoms with E-state index in [0.717, 1.165) is 12.1 Å². The van der Waals surface area contributed by atoms with E-state index in [0.29, 0.717) is 6.54 Å². The average molecular weight is 357 g/mol. The summed E-state index contributed by atoms with van der Waals surface area (Å²) in [5, 5.41) is 2.59. The smallest absolute Gasteiger partial charge is 0.243 e. The normalized spacial score (nSPS) is 24.5. The molecule has 0 aromatic heterocycles. The van der Waals surface area contributed by atoms with Gasteiger partial charge in [0.15, 0.2) is 0 Å². The number of nitrogens with one attached hydrogen (secondary N) is 1. The van der Waals surface area contributed by atoms with E-state index in [4.69, 9.17) is 4.74 Å². The highest BCUT2D eigenvalue weighted by Gasteiger charge is 2.53. The summed E-state index contributed by atoms with van der Waals surface area (Å²) in [6.45, 7) is 1.14. The van der Waals surface area contributed by atoms with Gasteiger partial charge in [0.05, 0.1) is 11.5 Å². The van der Waals surface area contributed by atoms with Crippen molar-refractivity contribution in [2.75, 3.05) is 40.3 Å². The van der Waals surface area contributed by atoms with Crippen LogP contribution in [0.15, 0.2) is 29.2 Å². The van der Waals surface area contributed by atoms with Gasteiger partial charge in [-0.05, 0) is 31.3 Å². The average Bonchev–Trinajstić information content (AvgIpc) is 2.52. The maximum absolute atomic E-state index is 13.0. The van der Waals surface area contributed by atoms with Gasteiger partial charge in [0.1, 0.15) is 17.5 Å². The van der Waals surface area contributed by atoms with Crippen LogP contribution in [0.5, 0.6) is 0 Å². The summed E-state index contributed by atoms with van der Waals surface area (Å²) < 4.78 is 45.1. The van der Waals surface area contributed by atoms with Gasteiger partial charge in [-0.25, -0.2) is 12.8 Å². The van der Waals surface area contributed by atoms with E-state index in [2.05, 4.69) is 5.32 Å². The minimum absolute atomic E-state index is 0.0613. The van der Waals surface area contributed by atoms with E-state index in [9.17, 15) is 17.6 Å². The van der Waals surface area contributed by atoms with Gasteiger partial charge in [-0.1, -0.05) is 0 Å². The molecule has 1 aromatic carbocycles. The van der Waals surface area contributed by atoms with Crippen LogP contribution in [-0.2, 0) is 19.6 Å². The highest BCUT2D eigenvalue weighted by atomic mass is 32.2. The highest BCUT2D eigenvalue weighted by Crippen LogP contribution is 2.34. The van der Waals surface area contributed by atoms with Crippen LogP contribution >= 0.6 is 0 Å². The maximum Gasteiger partial charge on any atom is 0.243 e. The number of sulfonamides is 1. The second-order valence-electron chi connectivity index (χ2n) is 6.27. The molecule has 1 N–H and O–H groups in total. The summed E-state index contributed by atoms with van der Waals surface area (Å²) in [5.74, 6) is -0.603. The lowest BCUT2D eigenvalue weighted by molar-refractivity contribution is -0.180. The summed E-state index contributed by atoms with van der Waals surface area (Å²) in [7, 11) is -0.266. The third kappa shape index (κ3) is 2.92. The van der Waals surface area contributed by atoms with E-state index in [1.165, 1.54) is 16.4 Å². The van der Waals surface area contributed by atoms with Crippen LogP contribution in [0.2, 0.25) is 0 Å². The van der Waals surface area contributed by atoms with Crippen molar-refractivity contribution in [3.05, 3.63) is 30.1 Å². The molecule has 3 rings (SSSR count). The van der Waals surface area contributed by atoms with Gasteiger partial charge < -0.3 is 10.1 Å². The lowest BCUT2D eigenvalue weighted by atomic mass is 9.93. The van der Waals surface area contributed by atoms with Crippen LogP contribution in [0, 0.1) is 5.82 Å². The van der Waals surface area contributed by atoms with Gasteiger partial charge in [-0.15, -0.1) is 0 Å². The molecule has 2 saturated heterocycles. The Balaban J connectivity index is 1.67. The fraction of sp³-hybridized carbons (Fsp3) is 0.533. The molecular weight excluding hydrogens is 337 g/mol. The lowest BCUT2D eigenvalue weighted by Crippen LogP contribution is -2.72. The molecule has 0 aliphatic carbocycles. The minimum atomic E-state index is -3.66. The standard InChI is InChI=1S/C15H20FN3O4S/c1-17-14(20)13-7-23-15(8-18(13)2)9-19(10-15)24(21,22)12-5-3-11(16)4-6-12/h3-6,13H,7-10H2,1-2H3,(H,17,20)/t13-/m0/s1. The van der Waals surface area contributed by atoms with Crippen molar-refractivity contribution in [1.82, 2.24) is 14.5 Å². The number of rotatable bonds is 3. The van der Waals surface area contributed by atoms with E-state index in [1.807, 2.05) is 11.9 Å². The summed E-state index contributed by atoms with van der Waals surface area (Å²) >= 11 is 0. The van der Waals surface area contributed by atoms with Crippen molar-refractivity contribution in [2.24, 2.45) is 0 Å². The first-order chi connectivity index (χ1) is 11.3. The molecule has 1 spiro atoms. The van der Waals surface area contributed by atoms with E-state index >= 15 is 0 Å². The van der Waals surface area contributed by atoms with Crippen molar-refractivity contribution in [2.45, 2.75) is 16.5 Å². The molecule has 24 heavy (non-hydrogen) atoms. The van der Waals surface area contributed by atoms with Crippen molar-refractivity contribution >= 4 is 15.9 Å². The van der Waals surface area contributed by atoms with Crippen LogP contribution in [-0.4, -0.2) is 75.5 Å². The number of hydrogen-bond acceptors (Lipinski definition) is 5. The summed E-state index contributed by atoms with van der Waals surface area (Å²) in [6.07, 6.45) is 0. The zero-order chi connectivity index (χ0) is 17.5. The van der Waals surface area contributed by atoms with Crippen LogP contribution in [0.4, 0.5) is 4.39 Å². The second-order valence-corrected chi connectivity index (χ2v) is 8.20. The highest BCUT2D eigenvalue weighted by molar-refractivity contribution is 7.89. The number of morpholine rings is 1. The Hall–Kier alpha value is -1.55. The number of ether oxygens (including phenoxy) is 1. The molecule has 1 amide bonds. The number of halogens is 1. The zero-order valence-electron chi connectivity index (χ0n) is 13.5. The lowest BCUT2D eigenvalue weighted by Gasteiger charge is -2.53. The second kappa shape index (κ2) is 6.07. The molecule has 1 aromatic rings. The third-order valence-corrected chi connectivity index (χ3v) is 6.35. The molecule has 2 heterocycles. The van der Waals surface area contributed by atoms with Crippen molar-refractivity contribution in [3.63, 3.8) is 0 Å². The van der Waals surface area contributed by atoms with Gasteiger partial charge in [-0.3, -0.25) is 9.69 Å². The molecule has 0 saturated carbocycles. The predicted octanol–water partition coefficient (Wildman–Crippen LogP) is -0.355. The molecule has 132 valence electrons. The Labute approximate surface area is 140 Å². The van der Waals surface area contributed by atoms with Gasteiger partial charge in [0.25, 0.3) is 0 Å². The Kier molecular flexibility index (Phi) is 4.37. The quantitative estimate of drug-likeness (QED) is 0.800. The van der Waals surface area contributed by atoms with Gasteiger partial charge in [0.2, 0.25) is 15.9 Å². The van der Waals surface area contributed by atoms with Gasteiger partial charge in [-0.2, -0.15) is 4.31 Å². The molecule has 7 nitrogen and oxygen atoms in total. The Bertz CT molecular complexity index is 732. The molecule has 9 heteroatoms. The molecule has 0 bridgehead atoms. The van der Waals surface area contributed by atoms with Crippen molar-refractivity contribution in [1.29, 1.82) is 0 Å². The summed E-state index contributed by atoms with van der Waals surface area (Å²) in [6, 6.07) is 4.39. The number of likely N-dealkylation sites (N-methyl/N-ethyl adjacent to an activating group) is 2. The summed E-state index contributed by atoms with van der Waals surface area (Å²) in [5.41, 5.74) is -0.591. The maximum atomic E-state index is 13.0. The number of amides is 1. The molecule has 1 atom stereocenters. The number of hydrogen-bond donors (Lipinski definition) is 1.